The van der Waals surface area contributed by atoms with Crippen LogP contribution in [-0.4, -0.2) is 25.9 Å². The number of thioether (sulfide) groups is 1. The maximum atomic E-state index is 13.0. The van der Waals surface area contributed by atoms with Gasteiger partial charge in [0, 0.05) is 17.1 Å². The molecule has 11 heteroatoms. The molecule has 5 nitrogen and oxygen atoms in total. The maximum Gasteiger partial charge on any atom is 0.416 e. The quantitative estimate of drug-likeness (QED) is 0.294. The van der Waals surface area contributed by atoms with Gasteiger partial charge in [0.05, 0.1) is 21.5 Å². The summed E-state index contributed by atoms with van der Waals surface area (Å²) in [7, 11) is 0. The molecule has 168 valence electrons. The van der Waals surface area contributed by atoms with E-state index in [-0.39, 0.29) is 10.7 Å². The zero-order chi connectivity index (χ0) is 23.5. The van der Waals surface area contributed by atoms with Crippen molar-refractivity contribution in [3.8, 4) is 11.4 Å². The van der Waals surface area contributed by atoms with E-state index < -0.39 is 22.9 Å². The van der Waals surface area contributed by atoms with Crippen molar-refractivity contribution >= 4 is 46.6 Å². The van der Waals surface area contributed by atoms with E-state index in [1.54, 1.807) is 41.8 Å². The highest BCUT2D eigenvalue weighted by Crippen LogP contribution is 2.34. The summed E-state index contributed by atoms with van der Waals surface area (Å²) in [4.78, 5) is 12.6. The van der Waals surface area contributed by atoms with Gasteiger partial charge in [0.25, 0.3) is 0 Å². The number of rotatable bonds is 7. The minimum absolute atomic E-state index is 0.00315. The van der Waals surface area contributed by atoms with E-state index in [2.05, 4.69) is 22.1 Å². The highest BCUT2D eigenvalue weighted by molar-refractivity contribution is 8.00. The molecule has 3 aromatic rings. The molecular weight excluding hydrogens is 484 g/mol. The first-order chi connectivity index (χ1) is 15.1. The van der Waals surface area contributed by atoms with Crippen LogP contribution >= 0.6 is 35.0 Å². The number of allylic oxidation sites excluding steroid dienone is 1. The van der Waals surface area contributed by atoms with Gasteiger partial charge in [0.2, 0.25) is 5.91 Å². The molecule has 3 rings (SSSR count). The highest BCUT2D eigenvalue weighted by Gasteiger charge is 2.31. The summed E-state index contributed by atoms with van der Waals surface area (Å²) in [5.41, 5.74) is -0.243. The molecule has 1 unspecified atom stereocenters. The topological polar surface area (TPSA) is 59.8 Å². The molecule has 0 fully saturated rings. The number of hydrogen-bond acceptors (Lipinski definition) is 4. The second-order valence-corrected chi connectivity index (χ2v) is 8.81. The van der Waals surface area contributed by atoms with Crippen LogP contribution < -0.4 is 5.32 Å². The number of hydrogen-bond donors (Lipinski definition) is 1. The highest BCUT2D eigenvalue weighted by atomic mass is 35.5. The van der Waals surface area contributed by atoms with Crippen LogP contribution in [0.5, 0.6) is 0 Å². The van der Waals surface area contributed by atoms with Crippen molar-refractivity contribution in [1.82, 2.24) is 14.8 Å². The number of alkyl halides is 3. The van der Waals surface area contributed by atoms with E-state index in [0.717, 1.165) is 35.5 Å². The molecule has 2 aromatic carbocycles. The molecule has 0 saturated carbocycles. The first-order valence-electron chi connectivity index (χ1n) is 9.24. The van der Waals surface area contributed by atoms with Crippen molar-refractivity contribution in [2.45, 2.75) is 30.1 Å². The zero-order valence-corrected chi connectivity index (χ0v) is 19.0. The third kappa shape index (κ3) is 5.65. The Labute approximate surface area is 196 Å². The number of carbonyl (C=O) groups excluding carboxylic acids is 1. The lowest BCUT2D eigenvalue weighted by atomic mass is 10.2. The summed E-state index contributed by atoms with van der Waals surface area (Å²) >= 11 is 13.0. The lowest BCUT2D eigenvalue weighted by Crippen LogP contribution is -2.23. The van der Waals surface area contributed by atoms with Gasteiger partial charge in [0.15, 0.2) is 11.0 Å². The minimum Gasteiger partial charge on any atom is -0.324 e. The molecule has 0 aliphatic heterocycles. The zero-order valence-electron chi connectivity index (χ0n) is 16.7. The van der Waals surface area contributed by atoms with Gasteiger partial charge in [-0.2, -0.15) is 13.2 Å². The fourth-order valence-electron chi connectivity index (χ4n) is 2.73. The van der Waals surface area contributed by atoms with E-state index in [4.69, 9.17) is 23.2 Å². The van der Waals surface area contributed by atoms with Crippen molar-refractivity contribution in [1.29, 1.82) is 0 Å². The van der Waals surface area contributed by atoms with E-state index in [9.17, 15) is 18.0 Å². The predicted molar refractivity (Wildman–Crippen MR) is 121 cm³/mol. The number of nitrogens with zero attached hydrogens (tertiary/aromatic N) is 3. The number of benzene rings is 2. The lowest BCUT2D eigenvalue weighted by Gasteiger charge is -2.15. The summed E-state index contributed by atoms with van der Waals surface area (Å²) < 4.78 is 40.7. The Balaban J connectivity index is 1.80. The normalized spacial score (nSPS) is 12.4. The molecule has 1 heterocycles. The second kappa shape index (κ2) is 9.97. The molecule has 0 aliphatic rings. The fourth-order valence-corrected chi connectivity index (χ4v) is 3.87. The first kappa shape index (κ1) is 24.2. The summed E-state index contributed by atoms with van der Waals surface area (Å²) in [6.07, 6.45) is -2.89. The number of halogens is 5. The maximum absolute atomic E-state index is 13.0. The molecule has 1 amide bonds. The van der Waals surface area contributed by atoms with Gasteiger partial charge < -0.3 is 5.32 Å². The van der Waals surface area contributed by atoms with Crippen LogP contribution in [0.4, 0.5) is 18.9 Å². The number of amides is 1. The Morgan fingerprint density at radius 3 is 2.53 bits per heavy atom. The summed E-state index contributed by atoms with van der Waals surface area (Å²) in [5, 5.41) is 11.2. The third-order valence-corrected chi connectivity index (χ3v) is 6.00. The van der Waals surface area contributed by atoms with Crippen LogP contribution in [0.2, 0.25) is 10.0 Å². The Hall–Kier alpha value is -2.49. The van der Waals surface area contributed by atoms with Crippen molar-refractivity contribution in [3.05, 3.63) is 70.7 Å². The third-order valence-electron chi connectivity index (χ3n) is 4.33. The van der Waals surface area contributed by atoms with Gasteiger partial charge in [0.1, 0.15) is 0 Å². The number of anilines is 1. The summed E-state index contributed by atoms with van der Waals surface area (Å²) in [6, 6.07) is 9.80. The fraction of sp³-hybridized carbons (Fsp3) is 0.190. The predicted octanol–water partition coefficient (Wildman–Crippen LogP) is 6.58. The van der Waals surface area contributed by atoms with Crippen molar-refractivity contribution < 1.29 is 18.0 Å². The van der Waals surface area contributed by atoms with Crippen molar-refractivity contribution in [2.75, 3.05) is 5.32 Å². The summed E-state index contributed by atoms with van der Waals surface area (Å²) in [5.74, 6) is 0.0371. The van der Waals surface area contributed by atoms with Crippen LogP contribution in [0.1, 0.15) is 12.5 Å². The van der Waals surface area contributed by atoms with E-state index >= 15 is 0 Å². The molecule has 0 radical (unpaired) electrons. The lowest BCUT2D eigenvalue weighted by molar-refractivity contribution is -0.137. The molecule has 32 heavy (non-hydrogen) atoms. The van der Waals surface area contributed by atoms with E-state index in [1.807, 2.05) is 0 Å². The SMILES string of the molecule is C=CCn1c(SC(C)C(=O)Nc2cc(C(F)(F)F)ccc2Cl)nnc1-c1ccc(Cl)cc1. The van der Waals surface area contributed by atoms with Crippen LogP contribution in [0.15, 0.2) is 60.3 Å². The number of nitrogens with one attached hydrogen (secondary N) is 1. The smallest absolute Gasteiger partial charge is 0.324 e. The van der Waals surface area contributed by atoms with Gasteiger partial charge in [-0.3, -0.25) is 9.36 Å². The van der Waals surface area contributed by atoms with Gasteiger partial charge in [-0.05, 0) is 49.4 Å². The second-order valence-electron chi connectivity index (χ2n) is 6.65. The van der Waals surface area contributed by atoms with Crippen molar-refractivity contribution in [2.24, 2.45) is 0 Å². The average Bonchev–Trinajstić information content (AvgIpc) is 3.12. The van der Waals surface area contributed by atoms with E-state index in [0.29, 0.717) is 22.5 Å². The molecule has 0 aliphatic carbocycles. The molecule has 0 bridgehead atoms. The average molecular weight is 501 g/mol. The Kier molecular flexibility index (Phi) is 7.53. The van der Waals surface area contributed by atoms with Crippen LogP contribution in [0.3, 0.4) is 0 Å². The standard InChI is InChI=1S/C21H17Cl2F3N4OS/c1-3-10-30-18(13-4-7-15(22)8-5-13)28-29-20(30)32-12(2)19(31)27-17-11-14(21(24,25)26)6-9-16(17)23/h3-9,11-12H,1,10H2,2H3,(H,27,31). The minimum atomic E-state index is -4.55. The first-order valence-corrected chi connectivity index (χ1v) is 10.9. The molecular formula is C21H17Cl2F3N4OS. The Morgan fingerprint density at radius 2 is 1.91 bits per heavy atom. The van der Waals surface area contributed by atoms with Crippen LogP contribution in [-0.2, 0) is 17.5 Å². The molecule has 1 atom stereocenters. The van der Waals surface area contributed by atoms with Gasteiger partial charge >= 0.3 is 6.18 Å². The largest absolute Gasteiger partial charge is 0.416 e. The van der Waals surface area contributed by atoms with Gasteiger partial charge in [-0.1, -0.05) is 41.0 Å². The summed E-state index contributed by atoms with van der Waals surface area (Å²) in [6.45, 7) is 5.74. The molecule has 1 N–H and O–H groups in total. The van der Waals surface area contributed by atoms with Crippen LogP contribution in [0, 0.1) is 0 Å². The van der Waals surface area contributed by atoms with Gasteiger partial charge in [-0.15, -0.1) is 16.8 Å². The number of carbonyl (C=O) groups is 1. The van der Waals surface area contributed by atoms with Crippen molar-refractivity contribution in [3.63, 3.8) is 0 Å². The van der Waals surface area contributed by atoms with Gasteiger partial charge in [-0.25, -0.2) is 0 Å². The van der Waals surface area contributed by atoms with E-state index in [1.165, 1.54) is 0 Å². The number of aromatic nitrogens is 3. The van der Waals surface area contributed by atoms with Crippen LogP contribution in [0.25, 0.3) is 11.4 Å². The Morgan fingerprint density at radius 1 is 1.22 bits per heavy atom. The molecule has 1 aromatic heterocycles. The molecule has 0 saturated heterocycles. The monoisotopic (exact) mass is 500 g/mol. The Bertz CT molecular complexity index is 1130. The molecule has 0 spiro atoms.